The molecule has 5 nitrogen and oxygen atoms in total. The topological polar surface area (TPSA) is 49.9 Å². The predicted octanol–water partition coefficient (Wildman–Crippen LogP) is 4.46. The zero-order valence-corrected chi connectivity index (χ0v) is 19.2. The minimum Gasteiger partial charge on any atom is -0.491 e. The highest BCUT2D eigenvalue weighted by molar-refractivity contribution is 7.10. The largest absolute Gasteiger partial charge is 0.491 e. The van der Waals surface area contributed by atoms with Crippen molar-refractivity contribution < 1.29 is 14.3 Å². The molecular formula is C24H32N2O3S. The second-order valence-electron chi connectivity index (χ2n) is 8.30. The molecule has 1 aliphatic heterocycles. The van der Waals surface area contributed by atoms with Gasteiger partial charge in [0.05, 0.1) is 12.6 Å². The highest BCUT2D eigenvalue weighted by Crippen LogP contribution is 2.34. The van der Waals surface area contributed by atoms with Crippen molar-refractivity contribution in [3.05, 3.63) is 51.7 Å². The first-order valence-electron chi connectivity index (χ1n) is 10.7. The first kappa shape index (κ1) is 22.3. The molecule has 0 bridgehead atoms. The van der Waals surface area contributed by atoms with Crippen LogP contribution in [-0.2, 0) is 16.0 Å². The van der Waals surface area contributed by atoms with E-state index in [1.165, 1.54) is 16.0 Å². The van der Waals surface area contributed by atoms with Crippen molar-refractivity contribution in [1.29, 1.82) is 0 Å². The molecular weight excluding hydrogens is 396 g/mol. The minimum absolute atomic E-state index is 0.00759. The summed E-state index contributed by atoms with van der Waals surface area (Å²) < 4.78 is 6.08. The van der Waals surface area contributed by atoms with Crippen LogP contribution >= 0.6 is 11.3 Å². The van der Waals surface area contributed by atoms with E-state index in [2.05, 4.69) is 25.3 Å². The van der Waals surface area contributed by atoms with Gasteiger partial charge in [-0.15, -0.1) is 11.3 Å². The van der Waals surface area contributed by atoms with Gasteiger partial charge in [0.2, 0.25) is 11.8 Å². The molecule has 1 aromatic carbocycles. The van der Waals surface area contributed by atoms with Crippen molar-refractivity contribution in [1.82, 2.24) is 9.80 Å². The van der Waals surface area contributed by atoms with Crippen LogP contribution in [0.4, 0.5) is 0 Å². The first-order chi connectivity index (χ1) is 14.4. The van der Waals surface area contributed by atoms with E-state index in [0.717, 1.165) is 12.2 Å². The Bertz CT molecular complexity index is 860. The molecule has 2 amide bonds. The number of aryl methyl sites for hydroxylation is 1. The lowest BCUT2D eigenvalue weighted by Gasteiger charge is -2.37. The Kier molecular flexibility index (Phi) is 7.53. The number of amides is 2. The average Bonchev–Trinajstić information content (AvgIpc) is 3.20. The molecule has 0 saturated carbocycles. The zero-order chi connectivity index (χ0) is 21.7. The van der Waals surface area contributed by atoms with E-state index in [9.17, 15) is 9.59 Å². The molecule has 1 aliphatic rings. The molecule has 1 atom stereocenters. The Morgan fingerprint density at radius 2 is 1.97 bits per heavy atom. The Hall–Kier alpha value is -2.34. The molecule has 162 valence electrons. The van der Waals surface area contributed by atoms with E-state index in [4.69, 9.17) is 4.74 Å². The fourth-order valence-electron chi connectivity index (χ4n) is 3.86. The van der Waals surface area contributed by atoms with Gasteiger partial charge in [0, 0.05) is 24.4 Å². The molecule has 0 saturated heterocycles. The maximum atomic E-state index is 13.3. The lowest BCUT2D eigenvalue weighted by Crippen LogP contribution is -2.48. The van der Waals surface area contributed by atoms with E-state index in [1.54, 1.807) is 16.2 Å². The van der Waals surface area contributed by atoms with Gasteiger partial charge in [-0.1, -0.05) is 38.5 Å². The van der Waals surface area contributed by atoms with Crippen LogP contribution in [0.3, 0.4) is 0 Å². The normalized spacial score (nSPS) is 15.8. The smallest absolute Gasteiger partial charge is 0.242 e. The highest BCUT2D eigenvalue weighted by Gasteiger charge is 2.33. The number of benzene rings is 1. The molecule has 0 fully saturated rings. The van der Waals surface area contributed by atoms with Gasteiger partial charge in [-0.2, -0.15) is 0 Å². The van der Waals surface area contributed by atoms with Gasteiger partial charge < -0.3 is 14.5 Å². The third-order valence-electron chi connectivity index (χ3n) is 5.41. The number of nitrogens with zero attached hydrogens (tertiary/aromatic N) is 2. The van der Waals surface area contributed by atoms with Crippen molar-refractivity contribution in [2.24, 2.45) is 5.92 Å². The Balaban J connectivity index is 1.76. The van der Waals surface area contributed by atoms with E-state index < -0.39 is 0 Å². The molecule has 0 spiro atoms. The number of hydrogen-bond donors (Lipinski definition) is 0. The summed E-state index contributed by atoms with van der Waals surface area (Å²) in [5, 5.41) is 2.09. The number of ether oxygens (including phenoxy) is 1. The molecule has 30 heavy (non-hydrogen) atoms. The number of rotatable bonds is 8. The highest BCUT2D eigenvalue weighted by atomic mass is 32.1. The van der Waals surface area contributed by atoms with Gasteiger partial charge in [-0.25, -0.2) is 0 Å². The first-order valence-corrected chi connectivity index (χ1v) is 11.6. The summed E-state index contributed by atoms with van der Waals surface area (Å²) in [5.74, 6) is 1.14. The molecule has 1 unspecified atom stereocenters. The fourth-order valence-corrected chi connectivity index (χ4v) is 4.79. The number of carbonyl (C=O) groups excluding carboxylic acids is 2. The van der Waals surface area contributed by atoms with Crippen molar-refractivity contribution in [3.63, 3.8) is 0 Å². The van der Waals surface area contributed by atoms with E-state index in [1.807, 2.05) is 43.0 Å². The number of carbonyl (C=O) groups is 2. The maximum Gasteiger partial charge on any atom is 0.242 e. The van der Waals surface area contributed by atoms with Crippen LogP contribution in [0.5, 0.6) is 5.75 Å². The summed E-state index contributed by atoms with van der Waals surface area (Å²) in [6.45, 7) is 9.81. The second-order valence-corrected chi connectivity index (χ2v) is 9.30. The van der Waals surface area contributed by atoms with Crippen LogP contribution in [0, 0.1) is 12.8 Å². The average molecular weight is 429 g/mol. The summed E-state index contributed by atoms with van der Waals surface area (Å²) in [7, 11) is 0. The maximum absolute atomic E-state index is 13.3. The van der Waals surface area contributed by atoms with E-state index in [0.29, 0.717) is 32.0 Å². The number of thiophene rings is 1. The third-order valence-corrected chi connectivity index (χ3v) is 6.41. The SMILES string of the molecule is CCC(=O)N(CC(=O)N1CCc2sccc2C1COc1ccc(C)cc1)CC(C)C. The Morgan fingerprint density at radius 3 is 2.63 bits per heavy atom. The summed E-state index contributed by atoms with van der Waals surface area (Å²) in [6.07, 6.45) is 1.26. The van der Waals surface area contributed by atoms with E-state index >= 15 is 0 Å². The standard InChI is InChI=1S/C24H32N2O3S/c1-5-23(27)25(14-17(2)3)15-24(28)26-12-10-22-20(11-13-30-22)21(26)16-29-19-8-6-18(4)7-9-19/h6-9,11,13,17,21H,5,10,12,14-16H2,1-4H3. The van der Waals surface area contributed by atoms with Crippen LogP contribution in [-0.4, -0.2) is 47.9 Å². The third kappa shape index (κ3) is 5.42. The summed E-state index contributed by atoms with van der Waals surface area (Å²) in [5.41, 5.74) is 2.35. The van der Waals surface area contributed by atoms with Gasteiger partial charge in [0.25, 0.3) is 0 Å². The van der Waals surface area contributed by atoms with Crippen LogP contribution in [0.2, 0.25) is 0 Å². The van der Waals surface area contributed by atoms with E-state index in [-0.39, 0.29) is 24.4 Å². The predicted molar refractivity (Wildman–Crippen MR) is 121 cm³/mol. The van der Waals surface area contributed by atoms with Crippen molar-refractivity contribution in [2.75, 3.05) is 26.2 Å². The molecule has 6 heteroatoms. The summed E-state index contributed by atoms with van der Waals surface area (Å²) >= 11 is 1.74. The van der Waals surface area contributed by atoms with Gasteiger partial charge in [0.15, 0.2) is 0 Å². The summed E-state index contributed by atoms with van der Waals surface area (Å²) in [6, 6.07) is 9.94. The van der Waals surface area contributed by atoms with Crippen molar-refractivity contribution in [2.45, 2.75) is 46.6 Å². The lowest BCUT2D eigenvalue weighted by atomic mass is 10.00. The van der Waals surface area contributed by atoms with Crippen LogP contribution < -0.4 is 4.74 Å². The fraction of sp³-hybridized carbons (Fsp3) is 0.500. The molecule has 2 aromatic rings. The molecule has 0 N–H and O–H groups in total. The van der Waals surface area contributed by atoms with Gasteiger partial charge in [-0.3, -0.25) is 9.59 Å². The monoisotopic (exact) mass is 428 g/mol. The van der Waals surface area contributed by atoms with Crippen LogP contribution in [0.25, 0.3) is 0 Å². The second kappa shape index (κ2) is 10.1. The summed E-state index contributed by atoms with van der Waals surface area (Å²) in [4.78, 5) is 30.6. The lowest BCUT2D eigenvalue weighted by molar-refractivity contribution is -0.143. The minimum atomic E-state index is -0.133. The van der Waals surface area contributed by atoms with Crippen LogP contribution in [0.15, 0.2) is 35.7 Å². The molecule has 1 aromatic heterocycles. The number of fused-ring (bicyclic) bond motifs is 1. The number of hydrogen-bond acceptors (Lipinski definition) is 4. The van der Waals surface area contributed by atoms with Crippen LogP contribution in [0.1, 0.15) is 49.2 Å². The van der Waals surface area contributed by atoms with Crippen molar-refractivity contribution >= 4 is 23.2 Å². The molecule has 0 radical (unpaired) electrons. The van der Waals surface area contributed by atoms with Gasteiger partial charge >= 0.3 is 0 Å². The Labute approximate surface area is 183 Å². The molecule has 2 heterocycles. The van der Waals surface area contributed by atoms with Crippen molar-refractivity contribution in [3.8, 4) is 5.75 Å². The van der Waals surface area contributed by atoms with Gasteiger partial charge in [-0.05, 0) is 48.4 Å². The zero-order valence-electron chi connectivity index (χ0n) is 18.4. The quantitative estimate of drug-likeness (QED) is 0.624. The van der Waals surface area contributed by atoms with Gasteiger partial charge in [0.1, 0.15) is 12.4 Å². The Morgan fingerprint density at radius 1 is 1.23 bits per heavy atom. The molecule has 0 aliphatic carbocycles. The molecule has 3 rings (SSSR count).